The van der Waals surface area contributed by atoms with Gasteiger partial charge in [0.15, 0.2) is 22.9 Å². The number of anilines is 1. The summed E-state index contributed by atoms with van der Waals surface area (Å²) in [6.45, 7) is -0.372. The molecule has 0 unspecified atom stereocenters. The molecule has 32 heavy (non-hydrogen) atoms. The molecule has 1 fully saturated rings. The molecule has 0 aliphatic carbocycles. The number of carbonyl (C=O) groups is 1. The lowest BCUT2D eigenvalue weighted by Crippen LogP contribution is -2.68. The number of fused-ring (bicyclic) bond motifs is 1. The van der Waals surface area contributed by atoms with Crippen molar-refractivity contribution in [3.05, 3.63) is 41.7 Å². The number of hydrogen-bond acceptors (Lipinski definition) is 5. The fourth-order valence-electron chi connectivity index (χ4n) is 3.36. The van der Waals surface area contributed by atoms with Crippen molar-refractivity contribution in [3.8, 4) is 0 Å². The molecule has 0 spiro atoms. The fourth-order valence-corrected chi connectivity index (χ4v) is 3.36. The van der Waals surface area contributed by atoms with Gasteiger partial charge in [-0.3, -0.25) is 4.68 Å². The molecule has 16 heteroatoms. The van der Waals surface area contributed by atoms with Gasteiger partial charge in [-0.05, 0) is 0 Å². The summed E-state index contributed by atoms with van der Waals surface area (Å²) in [4.78, 5) is 15.8. The number of aromatic nitrogens is 5. The van der Waals surface area contributed by atoms with Crippen molar-refractivity contribution in [2.45, 2.75) is 17.9 Å². The van der Waals surface area contributed by atoms with Crippen LogP contribution in [0.5, 0.6) is 0 Å². The standard InChI is InChI=1S/C16H13F7N8O/c17-8-3-26-30(4-8)14(6-29(7-14)13(24)32)5-25-11-1-9(15(18,19)20)27-12-2-10(16(21,22)23)28-31(11)12/h1-4,25H,5-7H2,(H2,24,32). The Morgan fingerprint density at radius 1 is 1.12 bits per heavy atom. The van der Waals surface area contributed by atoms with Crippen molar-refractivity contribution in [1.29, 1.82) is 0 Å². The summed E-state index contributed by atoms with van der Waals surface area (Å²) >= 11 is 0. The molecule has 0 radical (unpaired) electrons. The highest BCUT2D eigenvalue weighted by Gasteiger charge is 2.47. The molecule has 0 atom stereocenters. The third-order valence-corrected chi connectivity index (χ3v) is 4.93. The van der Waals surface area contributed by atoms with E-state index in [0.717, 1.165) is 12.4 Å². The molecular formula is C16H13F7N8O. The first-order chi connectivity index (χ1) is 14.8. The number of likely N-dealkylation sites (tertiary alicyclic amines) is 1. The number of hydrogen-bond donors (Lipinski definition) is 2. The van der Waals surface area contributed by atoms with E-state index in [1.165, 1.54) is 9.58 Å². The number of amides is 2. The molecule has 0 bridgehead atoms. The van der Waals surface area contributed by atoms with E-state index in [9.17, 15) is 35.5 Å². The maximum atomic E-state index is 13.5. The van der Waals surface area contributed by atoms with Crippen LogP contribution in [0.4, 0.5) is 41.3 Å². The highest BCUT2D eigenvalue weighted by atomic mass is 19.4. The molecule has 1 aliphatic rings. The van der Waals surface area contributed by atoms with E-state index in [4.69, 9.17) is 5.73 Å². The Kier molecular flexibility index (Phi) is 4.71. The van der Waals surface area contributed by atoms with Crippen LogP contribution in [0.3, 0.4) is 0 Å². The van der Waals surface area contributed by atoms with E-state index in [0.29, 0.717) is 16.6 Å². The first-order valence-corrected chi connectivity index (χ1v) is 8.83. The maximum Gasteiger partial charge on any atom is 0.435 e. The minimum absolute atomic E-state index is 0.0658. The van der Waals surface area contributed by atoms with Crippen LogP contribution in [0.25, 0.3) is 5.65 Å². The summed E-state index contributed by atoms with van der Waals surface area (Å²) in [6, 6.07) is 0.111. The van der Waals surface area contributed by atoms with Gasteiger partial charge in [-0.25, -0.2) is 14.2 Å². The van der Waals surface area contributed by atoms with E-state index in [1.54, 1.807) is 0 Å². The fraction of sp³-hybridized carbons (Fsp3) is 0.375. The molecule has 9 nitrogen and oxygen atoms in total. The third kappa shape index (κ3) is 3.75. The average Bonchev–Trinajstić information content (AvgIpc) is 3.25. The lowest BCUT2D eigenvalue weighted by atomic mass is 9.90. The quantitative estimate of drug-likeness (QED) is 0.574. The highest BCUT2D eigenvalue weighted by molar-refractivity contribution is 5.73. The molecule has 1 saturated heterocycles. The second-order valence-corrected chi connectivity index (χ2v) is 7.20. The largest absolute Gasteiger partial charge is 0.435 e. The number of nitrogens with one attached hydrogen (secondary N) is 1. The number of carbonyl (C=O) groups excluding carboxylic acids is 1. The Balaban J connectivity index is 1.72. The van der Waals surface area contributed by atoms with Gasteiger partial charge in [0.25, 0.3) is 0 Å². The number of halogens is 7. The van der Waals surface area contributed by atoms with E-state index < -0.39 is 52.6 Å². The summed E-state index contributed by atoms with van der Waals surface area (Å²) in [5.41, 5.74) is 0.539. The molecule has 2 amide bonds. The van der Waals surface area contributed by atoms with Crippen molar-refractivity contribution in [3.63, 3.8) is 0 Å². The van der Waals surface area contributed by atoms with Crippen molar-refractivity contribution >= 4 is 17.5 Å². The Hall–Kier alpha value is -3.59. The Labute approximate surface area is 173 Å². The summed E-state index contributed by atoms with van der Waals surface area (Å²) < 4.78 is 94.0. The smallest absolute Gasteiger partial charge is 0.367 e. The SMILES string of the molecule is NC(=O)N1CC(CNc2cc(C(F)(F)F)nc3cc(C(F)(F)F)nn23)(n2cc(F)cn2)C1. The minimum atomic E-state index is -4.94. The number of nitrogens with two attached hydrogens (primary N) is 1. The molecule has 172 valence electrons. The van der Waals surface area contributed by atoms with Crippen LogP contribution in [0.1, 0.15) is 11.4 Å². The zero-order valence-electron chi connectivity index (χ0n) is 15.7. The monoisotopic (exact) mass is 466 g/mol. The average molecular weight is 466 g/mol. The number of rotatable bonds is 4. The van der Waals surface area contributed by atoms with Gasteiger partial charge in [0.2, 0.25) is 0 Å². The molecule has 4 rings (SSSR count). The normalized spacial score (nSPS) is 16.3. The number of urea groups is 1. The predicted octanol–water partition coefficient (Wildman–Crippen LogP) is 2.30. The summed E-state index contributed by atoms with van der Waals surface area (Å²) in [5.74, 6) is -1.14. The molecule has 3 aromatic heterocycles. The molecule has 1 aliphatic heterocycles. The van der Waals surface area contributed by atoms with Gasteiger partial charge in [-0.15, -0.1) is 0 Å². The van der Waals surface area contributed by atoms with Crippen LogP contribution < -0.4 is 11.1 Å². The van der Waals surface area contributed by atoms with Gasteiger partial charge in [0.1, 0.15) is 11.4 Å². The first kappa shape index (κ1) is 21.6. The van der Waals surface area contributed by atoms with E-state index in [-0.39, 0.29) is 19.6 Å². The van der Waals surface area contributed by atoms with Gasteiger partial charge in [-0.2, -0.15) is 41.1 Å². The van der Waals surface area contributed by atoms with Crippen LogP contribution in [-0.2, 0) is 17.9 Å². The van der Waals surface area contributed by atoms with Gasteiger partial charge >= 0.3 is 18.4 Å². The zero-order chi connectivity index (χ0) is 23.5. The van der Waals surface area contributed by atoms with E-state index in [2.05, 4.69) is 20.5 Å². The highest BCUT2D eigenvalue weighted by Crippen LogP contribution is 2.34. The van der Waals surface area contributed by atoms with Crippen molar-refractivity contribution in [1.82, 2.24) is 29.3 Å². The lowest BCUT2D eigenvalue weighted by molar-refractivity contribution is -0.142. The van der Waals surface area contributed by atoms with Crippen molar-refractivity contribution in [2.75, 3.05) is 25.0 Å². The maximum absolute atomic E-state index is 13.5. The Morgan fingerprint density at radius 2 is 1.78 bits per heavy atom. The summed E-state index contributed by atoms with van der Waals surface area (Å²) in [5, 5.41) is 9.74. The zero-order valence-corrected chi connectivity index (χ0v) is 15.7. The van der Waals surface area contributed by atoms with Crippen molar-refractivity contribution < 1.29 is 35.5 Å². The lowest BCUT2D eigenvalue weighted by Gasteiger charge is -2.49. The first-order valence-electron chi connectivity index (χ1n) is 8.83. The van der Waals surface area contributed by atoms with E-state index in [1.807, 2.05) is 0 Å². The Morgan fingerprint density at radius 3 is 2.31 bits per heavy atom. The van der Waals surface area contributed by atoms with Gasteiger partial charge < -0.3 is 16.0 Å². The second-order valence-electron chi connectivity index (χ2n) is 7.20. The van der Waals surface area contributed by atoms with Gasteiger partial charge in [0.05, 0.1) is 25.5 Å². The van der Waals surface area contributed by atoms with Gasteiger partial charge in [0, 0.05) is 18.7 Å². The molecule has 0 saturated carbocycles. The van der Waals surface area contributed by atoms with Crippen molar-refractivity contribution in [2.24, 2.45) is 5.73 Å². The molecule has 0 aromatic carbocycles. The van der Waals surface area contributed by atoms with Gasteiger partial charge in [-0.1, -0.05) is 0 Å². The number of alkyl halides is 6. The minimum Gasteiger partial charge on any atom is -0.367 e. The predicted molar refractivity (Wildman–Crippen MR) is 92.8 cm³/mol. The molecule has 3 aromatic rings. The Bertz CT molecular complexity index is 1180. The van der Waals surface area contributed by atoms with Crippen LogP contribution in [0.15, 0.2) is 24.5 Å². The number of primary amides is 1. The molecule has 4 heterocycles. The van der Waals surface area contributed by atoms with E-state index >= 15 is 0 Å². The topological polar surface area (TPSA) is 106 Å². The number of nitrogens with zero attached hydrogens (tertiary/aromatic N) is 6. The summed E-state index contributed by atoms with van der Waals surface area (Å²) in [6.07, 6.45) is -7.95. The molecule has 3 N–H and O–H groups in total. The van der Waals surface area contributed by atoms with Crippen LogP contribution in [-0.4, -0.2) is 54.9 Å². The third-order valence-electron chi connectivity index (χ3n) is 4.93. The second kappa shape index (κ2) is 6.96. The molecular weight excluding hydrogens is 453 g/mol. The summed E-state index contributed by atoms with van der Waals surface area (Å²) in [7, 11) is 0. The van der Waals surface area contributed by atoms with Crippen LogP contribution in [0, 0.1) is 5.82 Å². The van der Waals surface area contributed by atoms with Crippen LogP contribution >= 0.6 is 0 Å². The van der Waals surface area contributed by atoms with Crippen LogP contribution in [0.2, 0.25) is 0 Å².